The Kier molecular flexibility index (Phi) is 9.86. The molecule has 0 saturated heterocycles. The number of unbranched alkanes of at least 4 members (excludes halogenated alkanes) is 2. The van der Waals surface area contributed by atoms with Gasteiger partial charge in [-0.2, -0.15) is 0 Å². The first-order valence-corrected chi connectivity index (χ1v) is 7.67. The van der Waals surface area contributed by atoms with Crippen molar-refractivity contribution in [3.63, 3.8) is 0 Å². The SMILES string of the molecule is CCCCCN(C(=O)NC(C)CCCC(=O)O)C(C)C. The molecule has 20 heavy (non-hydrogen) atoms. The first kappa shape index (κ1) is 18.7. The van der Waals surface area contributed by atoms with Crippen LogP contribution in [0.5, 0.6) is 0 Å². The molecule has 1 atom stereocenters. The monoisotopic (exact) mass is 286 g/mol. The highest BCUT2D eigenvalue weighted by Gasteiger charge is 2.18. The number of amides is 2. The van der Waals surface area contributed by atoms with Crippen LogP contribution in [0.3, 0.4) is 0 Å². The molecule has 0 aliphatic carbocycles. The summed E-state index contributed by atoms with van der Waals surface area (Å²) >= 11 is 0. The molecular formula is C15H30N2O3. The summed E-state index contributed by atoms with van der Waals surface area (Å²) in [5.74, 6) is -0.785. The number of carboxylic acids is 1. The second-order valence-electron chi connectivity index (χ2n) is 5.63. The second-order valence-corrected chi connectivity index (χ2v) is 5.63. The van der Waals surface area contributed by atoms with Gasteiger partial charge in [-0.15, -0.1) is 0 Å². The summed E-state index contributed by atoms with van der Waals surface area (Å²) in [6.45, 7) is 8.87. The summed E-state index contributed by atoms with van der Waals surface area (Å²) < 4.78 is 0. The molecule has 0 aliphatic rings. The van der Waals surface area contributed by atoms with Crippen molar-refractivity contribution in [3.8, 4) is 0 Å². The van der Waals surface area contributed by atoms with E-state index >= 15 is 0 Å². The molecule has 0 bridgehead atoms. The van der Waals surface area contributed by atoms with E-state index in [1.807, 2.05) is 25.7 Å². The number of aliphatic carboxylic acids is 1. The molecule has 0 aromatic carbocycles. The molecule has 0 rings (SSSR count). The molecule has 2 amide bonds. The number of rotatable bonds is 10. The third kappa shape index (κ3) is 8.77. The quantitative estimate of drug-likeness (QED) is 0.606. The Balaban J connectivity index is 4.13. The van der Waals surface area contributed by atoms with Gasteiger partial charge in [-0.05, 0) is 40.0 Å². The van der Waals surface area contributed by atoms with Gasteiger partial charge in [0.2, 0.25) is 0 Å². The lowest BCUT2D eigenvalue weighted by Crippen LogP contribution is -2.47. The molecular weight excluding hydrogens is 256 g/mol. The van der Waals surface area contributed by atoms with E-state index in [2.05, 4.69) is 12.2 Å². The predicted octanol–water partition coefficient (Wildman–Crippen LogP) is 3.24. The van der Waals surface area contributed by atoms with E-state index in [-0.39, 0.29) is 24.5 Å². The Hall–Kier alpha value is -1.26. The Labute approximate surface area is 122 Å². The fraction of sp³-hybridized carbons (Fsp3) is 0.867. The average molecular weight is 286 g/mol. The molecule has 118 valence electrons. The van der Waals surface area contributed by atoms with E-state index in [0.29, 0.717) is 12.8 Å². The molecule has 0 aromatic rings. The molecule has 5 nitrogen and oxygen atoms in total. The van der Waals surface area contributed by atoms with Gasteiger partial charge in [0.25, 0.3) is 0 Å². The van der Waals surface area contributed by atoms with E-state index in [1.54, 1.807) is 0 Å². The maximum Gasteiger partial charge on any atom is 0.317 e. The van der Waals surface area contributed by atoms with Crippen LogP contribution in [0.15, 0.2) is 0 Å². The van der Waals surface area contributed by atoms with Crippen molar-refractivity contribution in [1.29, 1.82) is 0 Å². The third-order valence-electron chi connectivity index (χ3n) is 3.28. The van der Waals surface area contributed by atoms with E-state index < -0.39 is 5.97 Å². The van der Waals surface area contributed by atoms with Crippen molar-refractivity contribution >= 4 is 12.0 Å². The summed E-state index contributed by atoms with van der Waals surface area (Å²) in [6, 6.07) is 0.145. The molecule has 0 spiro atoms. The summed E-state index contributed by atoms with van der Waals surface area (Å²) in [5, 5.41) is 11.6. The molecule has 0 aliphatic heterocycles. The van der Waals surface area contributed by atoms with Crippen LogP contribution in [0, 0.1) is 0 Å². The van der Waals surface area contributed by atoms with Crippen LogP contribution in [0.2, 0.25) is 0 Å². The molecule has 1 unspecified atom stereocenters. The lowest BCUT2D eigenvalue weighted by molar-refractivity contribution is -0.137. The van der Waals surface area contributed by atoms with Gasteiger partial charge in [0.1, 0.15) is 0 Å². The first-order valence-electron chi connectivity index (χ1n) is 7.67. The third-order valence-corrected chi connectivity index (χ3v) is 3.28. The lowest BCUT2D eigenvalue weighted by atomic mass is 10.1. The van der Waals surface area contributed by atoms with Gasteiger partial charge < -0.3 is 15.3 Å². The zero-order valence-corrected chi connectivity index (χ0v) is 13.3. The van der Waals surface area contributed by atoms with Crippen molar-refractivity contribution in [2.75, 3.05) is 6.54 Å². The van der Waals surface area contributed by atoms with Gasteiger partial charge in [0.05, 0.1) is 0 Å². The van der Waals surface area contributed by atoms with Crippen LogP contribution < -0.4 is 5.32 Å². The Bertz CT molecular complexity index is 293. The van der Waals surface area contributed by atoms with Crippen LogP contribution in [0.25, 0.3) is 0 Å². The summed E-state index contributed by atoms with van der Waals surface area (Å²) in [7, 11) is 0. The van der Waals surface area contributed by atoms with E-state index in [0.717, 1.165) is 25.8 Å². The molecule has 2 N–H and O–H groups in total. The van der Waals surface area contributed by atoms with Crippen LogP contribution in [-0.2, 0) is 4.79 Å². The number of carbonyl (C=O) groups is 2. The topological polar surface area (TPSA) is 69.6 Å². The highest BCUT2D eigenvalue weighted by atomic mass is 16.4. The van der Waals surface area contributed by atoms with Gasteiger partial charge in [-0.1, -0.05) is 19.8 Å². The summed E-state index contributed by atoms with van der Waals surface area (Å²) in [6.07, 6.45) is 4.73. The van der Waals surface area contributed by atoms with Crippen LogP contribution in [0.4, 0.5) is 4.79 Å². The maximum atomic E-state index is 12.2. The minimum Gasteiger partial charge on any atom is -0.481 e. The van der Waals surface area contributed by atoms with Gasteiger partial charge in [-0.3, -0.25) is 4.79 Å². The normalized spacial score (nSPS) is 12.2. The van der Waals surface area contributed by atoms with E-state index in [9.17, 15) is 9.59 Å². The Morgan fingerprint density at radius 3 is 2.30 bits per heavy atom. The zero-order valence-electron chi connectivity index (χ0n) is 13.3. The van der Waals surface area contributed by atoms with E-state index in [1.165, 1.54) is 0 Å². The predicted molar refractivity (Wildman–Crippen MR) is 80.8 cm³/mol. The van der Waals surface area contributed by atoms with Crippen molar-refractivity contribution in [2.45, 2.75) is 78.3 Å². The minimum absolute atomic E-state index is 0.00859. The molecule has 0 radical (unpaired) electrons. The van der Waals surface area contributed by atoms with Crippen molar-refractivity contribution in [3.05, 3.63) is 0 Å². The zero-order chi connectivity index (χ0) is 15.5. The fourth-order valence-corrected chi connectivity index (χ4v) is 2.05. The molecule has 0 fully saturated rings. The number of carbonyl (C=O) groups excluding carboxylic acids is 1. The van der Waals surface area contributed by atoms with Crippen molar-refractivity contribution < 1.29 is 14.7 Å². The molecule has 5 heteroatoms. The van der Waals surface area contributed by atoms with Crippen LogP contribution >= 0.6 is 0 Å². The Morgan fingerprint density at radius 2 is 1.80 bits per heavy atom. The van der Waals surface area contributed by atoms with E-state index in [4.69, 9.17) is 5.11 Å². The van der Waals surface area contributed by atoms with Gasteiger partial charge in [-0.25, -0.2) is 4.79 Å². The molecule has 0 heterocycles. The standard InChI is InChI=1S/C15H30N2O3/c1-5-6-7-11-17(12(2)3)15(20)16-13(4)9-8-10-14(18)19/h12-13H,5-11H2,1-4H3,(H,16,20)(H,18,19). The fourth-order valence-electron chi connectivity index (χ4n) is 2.05. The smallest absolute Gasteiger partial charge is 0.317 e. The number of urea groups is 1. The Morgan fingerprint density at radius 1 is 1.15 bits per heavy atom. The first-order chi connectivity index (χ1) is 9.38. The summed E-state index contributed by atoms with van der Waals surface area (Å²) in [4.78, 5) is 24.5. The summed E-state index contributed by atoms with van der Waals surface area (Å²) in [5.41, 5.74) is 0. The molecule has 0 aromatic heterocycles. The maximum absolute atomic E-state index is 12.2. The second kappa shape index (κ2) is 10.5. The lowest BCUT2D eigenvalue weighted by Gasteiger charge is -2.28. The number of nitrogens with zero attached hydrogens (tertiary/aromatic N) is 1. The highest BCUT2D eigenvalue weighted by molar-refractivity contribution is 5.74. The van der Waals surface area contributed by atoms with Crippen molar-refractivity contribution in [2.24, 2.45) is 0 Å². The van der Waals surface area contributed by atoms with Gasteiger partial charge >= 0.3 is 12.0 Å². The minimum atomic E-state index is -0.785. The number of hydrogen-bond donors (Lipinski definition) is 2. The van der Waals surface area contributed by atoms with Crippen molar-refractivity contribution in [1.82, 2.24) is 10.2 Å². The molecule has 0 saturated carbocycles. The highest BCUT2D eigenvalue weighted by Crippen LogP contribution is 2.06. The van der Waals surface area contributed by atoms with Gasteiger partial charge in [0.15, 0.2) is 0 Å². The number of nitrogens with one attached hydrogen (secondary N) is 1. The van der Waals surface area contributed by atoms with Crippen LogP contribution in [0.1, 0.15) is 66.2 Å². The average Bonchev–Trinajstić information content (AvgIpc) is 2.33. The number of hydrogen-bond acceptors (Lipinski definition) is 2. The largest absolute Gasteiger partial charge is 0.481 e. The number of carboxylic acid groups (broad SMARTS) is 1. The van der Waals surface area contributed by atoms with Gasteiger partial charge in [0, 0.05) is 25.0 Å². The van der Waals surface area contributed by atoms with Crippen LogP contribution in [-0.4, -0.2) is 40.6 Å².